The fraction of sp³-hybridized carbons (Fsp3) is 0.600. The Balaban J connectivity index is 2.58. The SMILES string of the molecule is CCOCCN(CCOCC)c1ccc(CO)cc1. The lowest BCUT2D eigenvalue weighted by Crippen LogP contribution is -2.31. The van der Waals surface area contributed by atoms with Crippen molar-refractivity contribution in [3.63, 3.8) is 0 Å². The molecule has 1 aromatic carbocycles. The van der Waals surface area contributed by atoms with Crippen molar-refractivity contribution in [2.45, 2.75) is 20.5 Å². The van der Waals surface area contributed by atoms with Gasteiger partial charge in [-0.2, -0.15) is 0 Å². The van der Waals surface area contributed by atoms with Crippen molar-refractivity contribution < 1.29 is 14.6 Å². The quantitative estimate of drug-likeness (QED) is 0.659. The largest absolute Gasteiger partial charge is 0.392 e. The lowest BCUT2D eigenvalue weighted by molar-refractivity contribution is 0.141. The molecule has 108 valence electrons. The van der Waals surface area contributed by atoms with Crippen LogP contribution < -0.4 is 4.90 Å². The van der Waals surface area contributed by atoms with E-state index < -0.39 is 0 Å². The van der Waals surface area contributed by atoms with Crippen LogP contribution in [0.25, 0.3) is 0 Å². The highest BCUT2D eigenvalue weighted by Gasteiger charge is 2.06. The van der Waals surface area contributed by atoms with Gasteiger partial charge in [-0.1, -0.05) is 12.1 Å². The predicted octanol–water partition coefficient (Wildman–Crippen LogP) is 2.06. The molecule has 1 N–H and O–H groups in total. The van der Waals surface area contributed by atoms with Crippen LogP contribution in [0.2, 0.25) is 0 Å². The van der Waals surface area contributed by atoms with E-state index in [1.54, 1.807) is 0 Å². The Morgan fingerprint density at radius 1 is 0.947 bits per heavy atom. The molecule has 0 spiro atoms. The average molecular weight is 267 g/mol. The average Bonchev–Trinajstić information content (AvgIpc) is 2.46. The van der Waals surface area contributed by atoms with Crippen molar-refractivity contribution in [2.75, 3.05) is 44.4 Å². The van der Waals surface area contributed by atoms with Gasteiger partial charge in [0.05, 0.1) is 19.8 Å². The highest BCUT2D eigenvalue weighted by atomic mass is 16.5. The van der Waals surface area contributed by atoms with E-state index in [2.05, 4.69) is 4.90 Å². The Hall–Kier alpha value is -1.10. The lowest BCUT2D eigenvalue weighted by atomic mass is 10.2. The molecule has 0 amide bonds. The van der Waals surface area contributed by atoms with Gasteiger partial charge < -0.3 is 19.5 Å². The molecule has 0 fully saturated rings. The zero-order chi connectivity index (χ0) is 13.9. The van der Waals surface area contributed by atoms with Gasteiger partial charge in [-0.15, -0.1) is 0 Å². The van der Waals surface area contributed by atoms with E-state index in [1.165, 1.54) is 0 Å². The number of benzene rings is 1. The number of nitrogens with zero attached hydrogens (tertiary/aromatic N) is 1. The second-order valence-corrected chi connectivity index (χ2v) is 4.21. The van der Waals surface area contributed by atoms with Gasteiger partial charge >= 0.3 is 0 Å². The second-order valence-electron chi connectivity index (χ2n) is 4.21. The first-order chi connectivity index (χ1) is 9.31. The third-order valence-electron chi connectivity index (χ3n) is 2.90. The molecule has 0 bridgehead atoms. The first kappa shape index (κ1) is 16.0. The van der Waals surface area contributed by atoms with Gasteiger partial charge in [0.2, 0.25) is 0 Å². The van der Waals surface area contributed by atoms with Crippen LogP contribution in [0.3, 0.4) is 0 Å². The van der Waals surface area contributed by atoms with Crippen LogP contribution in [0.5, 0.6) is 0 Å². The summed E-state index contributed by atoms with van der Waals surface area (Å²) in [5, 5.41) is 9.06. The van der Waals surface area contributed by atoms with Crippen LogP contribution >= 0.6 is 0 Å². The molecule has 0 aliphatic rings. The minimum Gasteiger partial charge on any atom is -0.392 e. The van der Waals surface area contributed by atoms with Crippen LogP contribution in [0, 0.1) is 0 Å². The first-order valence-electron chi connectivity index (χ1n) is 6.92. The standard InChI is InChI=1S/C15H25NO3/c1-3-18-11-9-16(10-12-19-4-2)15-7-5-14(13-17)6-8-15/h5-8,17H,3-4,9-13H2,1-2H3. The molecule has 0 unspecified atom stereocenters. The summed E-state index contributed by atoms with van der Waals surface area (Å²) in [6.07, 6.45) is 0. The third kappa shape index (κ3) is 6.05. The Labute approximate surface area is 115 Å². The van der Waals surface area contributed by atoms with Gasteiger partial charge in [-0.25, -0.2) is 0 Å². The molecule has 0 saturated heterocycles. The number of anilines is 1. The lowest BCUT2D eigenvalue weighted by Gasteiger charge is -2.24. The minimum absolute atomic E-state index is 0.0815. The van der Waals surface area contributed by atoms with Gasteiger partial charge in [-0.05, 0) is 31.5 Å². The van der Waals surface area contributed by atoms with Crippen molar-refractivity contribution in [1.29, 1.82) is 0 Å². The van der Waals surface area contributed by atoms with Gasteiger partial charge in [0.25, 0.3) is 0 Å². The van der Waals surface area contributed by atoms with Crippen molar-refractivity contribution in [1.82, 2.24) is 0 Å². The summed E-state index contributed by atoms with van der Waals surface area (Å²) in [5.74, 6) is 0. The van der Waals surface area contributed by atoms with Crippen molar-refractivity contribution in [3.05, 3.63) is 29.8 Å². The molecule has 0 radical (unpaired) electrons. The Morgan fingerprint density at radius 3 is 1.89 bits per heavy atom. The number of ether oxygens (including phenoxy) is 2. The molecule has 0 atom stereocenters. The van der Waals surface area contributed by atoms with Crippen LogP contribution in [0.15, 0.2) is 24.3 Å². The summed E-state index contributed by atoms with van der Waals surface area (Å²) < 4.78 is 10.8. The van der Waals surface area contributed by atoms with E-state index >= 15 is 0 Å². The second kappa shape index (κ2) is 9.78. The molecular weight excluding hydrogens is 242 g/mol. The number of rotatable bonds is 10. The zero-order valence-corrected chi connectivity index (χ0v) is 12.0. The number of hydrogen-bond donors (Lipinski definition) is 1. The minimum atomic E-state index is 0.0815. The van der Waals surface area contributed by atoms with Crippen LogP contribution in [0.4, 0.5) is 5.69 Å². The third-order valence-corrected chi connectivity index (χ3v) is 2.90. The van der Waals surface area contributed by atoms with Gasteiger partial charge in [0, 0.05) is 32.0 Å². The summed E-state index contributed by atoms with van der Waals surface area (Å²) in [6.45, 7) is 8.68. The molecule has 0 heterocycles. The van der Waals surface area contributed by atoms with Crippen LogP contribution in [-0.4, -0.2) is 44.6 Å². The van der Waals surface area contributed by atoms with Gasteiger partial charge in [0.15, 0.2) is 0 Å². The smallest absolute Gasteiger partial charge is 0.0681 e. The van der Waals surface area contributed by atoms with E-state index in [4.69, 9.17) is 14.6 Å². The van der Waals surface area contributed by atoms with E-state index in [0.29, 0.717) is 13.2 Å². The molecule has 0 saturated carbocycles. The van der Waals surface area contributed by atoms with E-state index in [1.807, 2.05) is 38.1 Å². The Bertz CT molecular complexity index is 317. The molecule has 19 heavy (non-hydrogen) atoms. The monoisotopic (exact) mass is 267 g/mol. The normalized spacial score (nSPS) is 10.7. The molecule has 1 aromatic rings. The molecular formula is C15H25NO3. The molecule has 0 aliphatic carbocycles. The van der Waals surface area contributed by atoms with Crippen molar-refractivity contribution >= 4 is 5.69 Å². The molecule has 4 nitrogen and oxygen atoms in total. The van der Waals surface area contributed by atoms with E-state index in [9.17, 15) is 0 Å². The maximum Gasteiger partial charge on any atom is 0.0681 e. The Kier molecular flexibility index (Phi) is 8.21. The first-order valence-corrected chi connectivity index (χ1v) is 6.92. The van der Waals surface area contributed by atoms with Crippen LogP contribution in [0.1, 0.15) is 19.4 Å². The summed E-state index contributed by atoms with van der Waals surface area (Å²) in [5.41, 5.74) is 2.06. The number of aliphatic hydroxyl groups excluding tert-OH is 1. The zero-order valence-electron chi connectivity index (χ0n) is 12.0. The van der Waals surface area contributed by atoms with Gasteiger partial charge in [-0.3, -0.25) is 0 Å². The fourth-order valence-electron chi connectivity index (χ4n) is 1.82. The maximum atomic E-state index is 9.06. The highest BCUT2D eigenvalue weighted by Crippen LogP contribution is 2.15. The molecule has 0 aromatic heterocycles. The number of hydrogen-bond acceptors (Lipinski definition) is 4. The summed E-state index contributed by atoms with van der Waals surface area (Å²) in [4.78, 5) is 2.24. The topological polar surface area (TPSA) is 41.9 Å². The van der Waals surface area contributed by atoms with Crippen LogP contribution in [-0.2, 0) is 16.1 Å². The van der Waals surface area contributed by atoms with E-state index in [-0.39, 0.29) is 6.61 Å². The maximum absolute atomic E-state index is 9.06. The highest BCUT2D eigenvalue weighted by molar-refractivity contribution is 5.47. The summed E-state index contributed by atoms with van der Waals surface area (Å²) in [7, 11) is 0. The fourth-order valence-corrected chi connectivity index (χ4v) is 1.82. The molecule has 1 rings (SSSR count). The summed E-state index contributed by atoms with van der Waals surface area (Å²) >= 11 is 0. The Morgan fingerprint density at radius 2 is 1.47 bits per heavy atom. The van der Waals surface area contributed by atoms with Crippen molar-refractivity contribution in [2.24, 2.45) is 0 Å². The van der Waals surface area contributed by atoms with Gasteiger partial charge in [0.1, 0.15) is 0 Å². The molecule has 0 aliphatic heterocycles. The molecule has 4 heteroatoms. The van der Waals surface area contributed by atoms with Crippen molar-refractivity contribution in [3.8, 4) is 0 Å². The number of aliphatic hydroxyl groups is 1. The van der Waals surface area contributed by atoms with E-state index in [0.717, 1.165) is 37.6 Å². The summed E-state index contributed by atoms with van der Waals surface area (Å²) in [6, 6.07) is 7.96. The predicted molar refractivity (Wildman–Crippen MR) is 77.6 cm³/mol.